The van der Waals surface area contributed by atoms with Crippen LogP contribution in [0, 0.1) is 13.8 Å². The van der Waals surface area contributed by atoms with Crippen LogP contribution in [-0.4, -0.2) is 34.8 Å². The lowest BCUT2D eigenvalue weighted by Crippen LogP contribution is -2.47. The molecule has 7 heteroatoms. The van der Waals surface area contributed by atoms with Gasteiger partial charge in [-0.25, -0.2) is 4.79 Å². The van der Waals surface area contributed by atoms with Crippen LogP contribution in [0.4, 0.5) is 10.5 Å². The quantitative estimate of drug-likeness (QED) is 0.766. The summed E-state index contributed by atoms with van der Waals surface area (Å²) in [7, 11) is 0. The van der Waals surface area contributed by atoms with Crippen molar-refractivity contribution in [2.45, 2.75) is 64.3 Å². The fraction of sp³-hybridized carbons (Fsp3) is 0.550. The first-order valence-corrected chi connectivity index (χ1v) is 9.91. The Morgan fingerprint density at radius 1 is 1.15 bits per heavy atom. The molecule has 2 aliphatic rings. The summed E-state index contributed by atoms with van der Waals surface area (Å²) in [5, 5.41) is 6.05. The Labute approximate surface area is 164 Å². The van der Waals surface area contributed by atoms with E-state index in [1.54, 1.807) is 6.07 Å². The number of aryl methyl sites for hydroxylation is 2. The summed E-state index contributed by atoms with van der Waals surface area (Å²) >= 11 is 6.23. The number of anilines is 1. The zero-order valence-corrected chi connectivity index (χ0v) is 16.6. The Morgan fingerprint density at radius 3 is 2.41 bits per heavy atom. The number of urea groups is 1. The highest BCUT2D eigenvalue weighted by atomic mass is 35.5. The Bertz CT molecular complexity index is 747. The number of imide groups is 1. The molecule has 1 saturated carbocycles. The monoisotopic (exact) mass is 391 g/mol. The summed E-state index contributed by atoms with van der Waals surface area (Å²) in [6.45, 7) is 3.47. The van der Waals surface area contributed by atoms with E-state index in [9.17, 15) is 14.4 Å². The van der Waals surface area contributed by atoms with Crippen LogP contribution in [0.2, 0.25) is 5.02 Å². The topological polar surface area (TPSA) is 78.5 Å². The normalized spacial score (nSPS) is 19.6. The van der Waals surface area contributed by atoms with E-state index < -0.39 is 17.5 Å². The minimum Gasteiger partial charge on any atom is -0.323 e. The van der Waals surface area contributed by atoms with E-state index in [-0.39, 0.29) is 12.5 Å². The number of nitrogens with zero attached hydrogens (tertiary/aromatic N) is 1. The van der Waals surface area contributed by atoms with Gasteiger partial charge in [0, 0.05) is 0 Å². The first-order chi connectivity index (χ1) is 12.8. The lowest BCUT2D eigenvalue weighted by atomic mass is 9.84. The van der Waals surface area contributed by atoms with Crippen molar-refractivity contribution in [2.75, 3.05) is 11.9 Å². The average molecular weight is 392 g/mol. The van der Waals surface area contributed by atoms with E-state index in [4.69, 9.17) is 11.6 Å². The van der Waals surface area contributed by atoms with Gasteiger partial charge in [-0.3, -0.25) is 14.5 Å². The van der Waals surface area contributed by atoms with E-state index >= 15 is 0 Å². The van der Waals surface area contributed by atoms with Crippen molar-refractivity contribution in [3.8, 4) is 0 Å². The van der Waals surface area contributed by atoms with Gasteiger partial charge in [-0.1, -0.05) is 49.8 Å². The van der Waals surface area contributed by atoms with Gasteiger partial charge in [0.05, 0.1) is 10.7 Å². The Balaban J connectivity index is 1.71. The molecule has 1 aromatic rings. The van der Waals surface area contributed by atoms with Crippen molar-refractivity contribution >= 4 is 35.1 Å². The third kappa shape index (κ3) is 4.10. The van der Waals surface area contributed by atoms with E-state index in [1.165, 1.54) is 6.42 Å². The summed E-state index contributed by atoms with van der Waals surface area (Å²) in [6, 6.07) is 3.20. The summed E-state index contributed by atoms with van der Waals surface area (Å²) in [6.07, 6.45) is 6.39. The van der Waals surface area contributed by atoms with Gasteiger partial charge >= 0.3 is 6.03 Å². The molecule has 1 aliphatic heterocycles. The number of amides is 4. The molecule has 0 radical (unpaired) electrons. The van der Waals surface area contributed by atoms with Crippen molar-refractivity contribution < 1.29 is 14.4 Å². The van der Waals surface area contributed by atoms with Crippen LogP contribution in [0.25, 0.3) is 0 Å². The first-order valence-electron chi connectivity index (χ1n) is 9.53. The van der Waals surface area contributed by atoms with Crippen molar-refractivity contribution in [3.63, 3.8) is 0 Å². The summed E-state index contributed by atoms with van der Waals surface area (Å²) < 4.78 is 0. The maximum atomic E-state index is 13.0. The van der Waals surface area contributed by atoms with E-state index in [1.807, 2.05) is 19.9 Å². The van der Waals surface area contributed by atoms with Crippen LogP contribution >= 0.6 is 11.6 Å². The molecule has 3 rings (SSSR count). The fourth-order valence-electron chi connectivity index (χ4n) is 4.06. The van der Waals surface area contributed by atoms with Gasteiger partial charge < -0.3 is 10.6 Å². The third-order valence-corrected chi connectivity index (χ3v) is 5.75. The van der Waals surface area contributed by atoms with Crippen molar-refractivity contribution in [1.29, 1.82) is 0 Å². The minimum atomic E-state index is -0.838. The molecule has 1 aliphatic carbocycles. The highest BCUT2D eigenvalue weighted by Crippen LogP contribution is 2.32. The maximum absolute atomic E-state index is 13.0. The molecular formula is C20H26ClN3O3. The van der Waals surface area contributed by atoms with Crippen molar-refractivity contribution in [3.05, 3.63) is 28.3 Å². The second-order valence-corrected chi connectivity index (χ2v) is 8.07. The molecule has 2 fully saturated rings. The standard InChI is InChI=1S/C20H26ClN3O3/c1-13-10-14(2)17(15(21)11-13)22-16(25)12-24-18(26)20(23-19(24)27)8-6-4-3-5-7-9-20/h10-11H,3-9,12H2,1-2H3,(H,22,25)(H,23,27). The number of nitrogens with one attached hydrogen (secondary N) is 2. The third-order valence-electron chi connectivity index (χ3n) is 5.45. The zero-order chi connectivity index (χ0) is 19.6. The first kappa shape index (κ1) is 19.7. The predicted molar refractivity (Wildman–Crippen MR) is 105 cm³/mol. The molecule has 1 aromatic carbocycles. The molecule has 0 unspecified atom stereocenters. The lowest BCUT2D eigenvalue weighted by Gasteiger charge is -2.28. The van der Waals surface area contributed by atoms with Gasteiger partial charge in [-0.2, -0.15) is 0 Å². The molecule has 6 nitrogen and oxygen atoms in total. The van der Waals surface area contributed by atoms with Gasteiger partial charge in [-0.05, 0) is 43.9 Å². The van der Waals surface area contributed by atoms with Gasteiger partial charge in [0.25, 0.3) is 5.91 Å². The van der Waals surface area contributed by atoms with Gasteiger partial charge in [0.15, 0.2) is 0 Å². The Hall–Kier alpha value is -2.08. The molecular weight excluding hydrogens is 366 g/mol. The van der Waals surface area contributed by atoms with Crippen LogP contribution in [0.3, 0.4) is 0 Å². The molecule has 146 valence electrons. The second-order valence-electron chi connectivity index (χ2n) is 7.66. The smallest absolute Gasteiger partial charge is 0.323 e. The van der Waals surface area contributed by atoms with E-state index in [2.05, 4.69) is 10.6 Å². The molecule has 1 spiro atoms. The lowest BCUT2D eigenvalue weighted by molar-refractivity contribution is -0.134. The number of carbonyl (C=O) groups is 3. The largest absolute Gasteiger partial charge is 0.325 e. The highest BCUT2D eigenvalue weighted by molar-refractivity contribution is 6.34. The van der Waals surface area contributed by atoms with Gasteiger partial charge in [-0.15, -0.1) is 0 Å². The maximum Gasteiger partial charge on any atom is 0.325 e. The van der Waals surface area contributed by atoms with E-state index in [0.29, 0.717) is 23.6 Å². The number of hydrogen-bond acceptors (Lipinski definition) is 3. The van der Waals surface area contributed by atoms with Gasteiger partial charge in [0.1, 0.15) is 12.1 Å². The number of halogens is 1. The van der Waals surface area contributed by atoms with Crippen molar-refractivity contribution in [1.82, 2.24) is 10.2 Å². The highest BCUT2D eigenvalue weighted by Gasteiger charge is 2.50. The molecule has 1 saturated heterocycles. The summed E-state index contributed by atoms with van der Waals surface area (Å²) in [5.41, 5.74) is 1.51. The number of benzene rings is 1. The molecule has 0 bridgehead atoms. The molecule has 0 atom stereocenters. The van der Waals surface area contributed by atoms with Crippen LogP contribution in [0.5, 0.6) is 0 Å². The SMILES string of the molecule is Cc1cc(C)c(NC(=O)CN2C(=O)NC3(CCCCCCC3)C2=O)c(Cl)c1. The molecule has 0 aromatic heterocycles. The predicted octanol–water partition coefficient (Wildman–Crippen LogP) is 3.93. The molecule has 1 heterocycles. The second kappa shape index (κ2) is 7.89. The fourth-order valence-corrected chi connectivity index (χ4v) is 4.43. The molecule has 27 heavy (non-hydrogen) atoms. The van der Waals surface area contributed by atoms with Crippen molar-refractivity contribution in [2.24, 2.45) is 0 Å². The minimum absolute atomic E-state index is 0.281. The average Bonchev–Trinajstić information content (AvgIpc) is 2.79. The number of hydrogen-bond donors (Lipinski definition) is 2. The van der Waals surface area contributed by atoms with Gasteiger partial charge in [0.2, 0.25) is 5.91 Å². The van der Waals surface area contributed by atoms with Crippen LogP contribution in [0.1, 0.15) is 56.1 Å². The molecule has 2 N–H and O–H groups in total. The molecule has 4 amide bonds. The summed E-state index contributed by atoms with van der Waals surface area (Å²) in [5.74, 6) is -0.716. The Morgan fingerprint density at radius 2 is 1.78 bits per heavy atom. The number of carbonyl (C=O) groups excluding carboxylic acids is 3. The Kier molecular flexibility index (Phi) is 5.75. The van der Waals surface area contributed by atoms with Crippen LogP contribution in [0.15, 0.2) is 12.1 Å². The summed E-state index contributed by atoms with van der Waals surface area (Å²) in [4.78, 5) is 38.9. The van der Waals surface area contributed by atoms with Crippen LogP contribution in [-0.2, 0) is 9.59 Å². The van der Waals surface area contributed by atoms with Crippen LogP contribution < -0.4 is 10.6 Å². The number of rotatable bonds is 3. The van der Waals surface area contributed by atoms with E-state index in [0.717, 1.165) is 41.7 Å². The zero-order valence-electron chi connectivity index (χ0n) is 15.9.